The molecule has 0 saturated carbocycles. The number of methoxy groups -OCH3 is 2. The fraction of sp³-hybridized carbons (Fsp3) is 0.400. The molecular weight excluding hydrogens is 412 g/mol. The molecule has 1 aromatic heterocycles. The Kier molecular flexibility index (Phi) is 5.15. The van der Waals surface area contributed by atoms with Gasteiger partial charge in [-0.3, -0.25) is 9.59 Å². The lowest BCUT2D eigenvalue weighted by Gasteiger charge is -2.29. The molecule has 1 saturated heterocycles. The molecule has 9 nitrogen and oxygen atoms in total. The maximum absolute atomic E-state index is 13.6. The molecule has 0 atom stereocenters. The summed E-state index contributed by atoms with van der Waals surface area (Å²) in [7, 11) is -1.54. The van der Waals surface area contributed by atoms with Crippen LogP contribution in [0.15, 0.2) is 33.6 Å². The summed E-state index contributed by atoms with van der Waals surface area (Å²) in [5, 5.41) is 3.09. The van der Waals surface area contributed by atoms with Crippen LogP contribution in [-0.4, -0.2) is 64.7 Å². The normalized spacial score (nSPS) is 17.7. The van der Waals surface area contributed by atoms with Crippen molar-refractivity contribution >= 4 is 21.6 Å². The van der Waals surface area contributed by atoms with Gasteiger partial charge in [0.1, 0.15) is 4.90 Å². The molecule has 2 heterocycles. The SMILES string of the molecule is COC(C)(OC)c1oc2c(c1S(=O)(=O)N1CCNCC1)C(=O)c1ccccc1C2=O. The number of hydrogen-bond acceptors (Lipinski definition) is 8. The maximum Gasteiger partial charge on any atom is 0.247 e. The minimum atomic E-state index is -4.19. The minimum absolute atomic E-state index is 0.135. The van der Waals surface area contributed by atoms with E-state index in [-0.39, 0.29) is 46.2 Å². The van der Waals surface area contributed by atoms with Gasteiger partial charge in [-0.1, -0.05) is 24.3 Å². The molecule has 0 unspecified atom stereocenters. The number of ketones is 2. The summed E-state index contributed by atoms with van der Waals surface area (Å²) in [6, 6.07) is 6.26. The van der Waals surface area contributed by atoms with Gasteiger partial charge < -0.3 is 19.2 Å². The summed E-state index contributed by atoms with van der Waals surface area (Å²) in [5.41, 5.74) is 0.0289. The van der Waals surface area contributed by atoms with Crippen LogP contribution in [-0.2, 0) is 25.3 Å². The van der Waals surface area contributed by atoms with Gasteiger partial charge >= 0.3 is 0 Å². The molecule has 2 aromatic rings. The van der Waals surface area contributed by atoms with Gasteiger partial charge in [0.25, 0.3) is 0 Å². The first kappa shape index (κ1) is 20.9. The van der Waals surface area contributed by atoms with E-state index < -0.39 is 27.4 Å². The zero-order valence-electron chi connectivity index (χ0n) is 16.9. The van der Waals surface area contributed by atoms with Gasteiger partial charge in [0.15, 0.2) is 17.3 Å². The van der Waals surface area contributed by atoms with Crippen LogP contribution in [0.1, 0.15) is 44.7 Å². The lowest BCUT2D eigenvalue weighted by Crippen LogP contribution is -2.47. The van der Waals surface area contributed by atoms with Crippen LogP contribution in [0.25, 0.3) is 0 Å². The third-order valence-electron chi connectivity index (χ3n) is 5.58. The van der Waals surface area contributed by atoms with Crippen LogP contribution in [0, 0.1) is 0 Å². The lowest BCUT2D eigenvalue weighted by molar-refractivity contribution is -0.214. The van der Waals surface area contributed by atoms with Crippen molar-refractivity contribution in [1.29, 1.82) is 0 Å². The minimum Gasteiger partial charge on any atom is -0.450 e. The van der Waals surface area contributed by atoms with Crippen molar-refractivity contribution in [3.63, 3.8) is 0 Å². The Morgan fingerprint density at radius 1 is 1.03 bits per heavy atom. The predicted octanol–water partition coefficient (Wildman–Crippen LogP) is 1.11. The van der Waals surface area contributed by atoms with E-state index in [1.54, 1.807) is 12.1 Å². The van der Waals surface area contributed by atoms with Crippen LogP contribution >= 0.6 is 0 Å². The molecule has 1 aromatic carbocycles. The molecule has 2 aliphatic rings. The zero-order chi connectivity index (χ0) is 21.7. The largest absolute Gasteiger partial charge is 0.450 e. The number of furan rings is 1. The standard InChI is InChI=1S/C20H22N2O7S/c1-20(27-2,28-3)19-18(30(25,26)22-10-8-21-9-11-22)14-15(23)12-6-4-5-7-13(12)16(24)17(14)29-19/h4-7,21H,8-11H2,1-3H3. The lowest BCUT2D eigenvalue weighted by atomic mass is 9.88. The molecular formula is C20H22N2O7S. The van der Waals surface area contributed by atoms with Crippen molar-refractivity contribution in [2.24, 2.45) is 0 Å². The van der Waals surface area contributed by atoms with E-state index in [0.29, 0.717) is 13.1 Å². The number of nitrogens with zero attached hydrogens (tertiary/aromatic N) is 1. The first-order chi connectivity index (χ1) is 14.3. The highest BCUT2D eigenvalue weighted by Gasteiger charge is 2.48. The Morgan fingerprint density at radius 2 is 1.60 bits per heavy atom. The van der Waals surface area contributed by atoms with Crippen LogP contribution in [0.5, 0.6) is 0 Å². The monoisotopic (exact) mass is 434 g/mol. The van der Waals surface area contributed by atoms with E-state index in [1.165, 1.54) is 37.6 Å². The molecule has 4 rings (SSSR count). The average Bonchev–Trinajstić information content (AvgIpc) is 3.20. The van der Waals surface area contributed by atoms with Gasteiger partial charge in [-0.05, 0) is 6.92 Å². The first-order valence-corrected chi connectivity index (χ1v) is 10.9. The molecule has 0 radical (unpaired) electrons. The smallest absolute Gasteiger partial charge is 0.247 e. The Hall–Kier alpha value is -2.37. The second kappa shape index (κ2) is 7.40. The molecule has 1 fully saturated rings. The fourth-order valence-corrected chi connectivity index (χ4v) is 5.57. The summed E-state index contributed by atoms with van der Waals surface area (Å²) in [4.78, 5) is 26.0. The number of carbonyl (C=O) groups is 2. The average molecular weight is 434 g/mol. The summed E-state index contributed by atoms with van der Waals surface area (Å²) >= 11 is 0. The molecule has 10 heteroatoms. The maximum atomic E-state index is 13.6. The third-order valence-corrected chi connectivity index (χ3v) is 7.53. The zero-order valence-corrected chi connectivity index (χ0v) is 17.7. The van der Waals surface area contributed by atoms with E-state index in [9.17, 15) is 18.0 Å². The van der Waals surface area contributed by atoms with Crippen molar-refractivity contribution in [3.8, 4) is 0 Å². The van der Waals surface area contributed by atoms with Crippen LogP contribution in [0.2, 0.25) is 0 Å². The van der Waals surface area contributed by atoms with Crippen molar-refractivity contribution < 1.29 is 31.9 Å². The van der Waals surface area contributed by atoms with Gasteiger partial charge in [0, 0.05) is 51.5 Å². The number of sulfonamides is 1. The summed E-state index contributed by atoms with van der Waals surface area (Å²) in [6.07, 6.45) is 0. The Labute approximate surface area is 174 Å². The number of rotatable bonds is 5. The van der Waals surface area contributed by atoms with Gasteiger partial charge in [0.05, 0.1) is 5.56 Å². The van der Waals surface area contributed by atoms with E-state index in [4.69, 9.17) is 13.9 Å². The number of fused-ring (bicyclic) bond motifs is 2. The predicted molar refractivity (Wildman–Crippen MR) is 105 cm³/mol. The summed E-state index contributed by atoms with van der Waals surface area (Å²) < 4.78 is 45.1. The second-order valence-electron chi connectivity index (χ2n) is 7.18. The molecule has 0 spiro atoms. The highest BCUT2D eigenvalue weighted by atomic mass is 32.2. The van der Waals surface area contributed by atoms with E-state index in [0.717, 1.165) is 0 Å². The van der Waals surface area contributed by atoms with Crippen LogP contribution in [0.4, 0.5) is 0 Å². The topological polar surface area (TPSA) is 115 Å². The number of carbonyl (C=O) groups excluding carboxylic acids is 2. The first-order valence-electron chi connectivity index (χ1n) is 9.43. The van der Waals surface area contributed by atoms with E-state index in [1.807, 2.05) is 0 Å². The van der Waals surface area contributed by atoms with Crippen molar-refractivity contribution in [2.45, 2.75) is 17.6 Å². The second-order valence-corrected chi connectivity index (χ2v) is 9.05. The quantitative estimate of drug-likeness (QED) is 0.594. The van der Waals surface area contributed by atoms with E-state index in [2.05, 4.69) is 5.32 Å². The van der Waals surface area contributed by atoms with Gasteiger partial charge in [0.2, 0.25) is 21.6 Å². The number of ether oxygens (including phenoxy) is 2. The number of piperazine rings is 1. The van der Waals surface area contributed by atoms with Gasteiger partial charge in [-0.25, -0.2) is 8.42 Å². The molecule has 1 aliphatic carbocycles. The number of nitrogens with one attached hydrogen (secondary N) is 1. The fourth-order valence-electron chi connectivity index (χ4n) is 3.75. The van der Waals surface area contributed by atoms with Crippen LogP contribution < -0.4 is 5.32 Å². The molecule has 0 amide bonds. The van der Waals surface area contributed by atoms with Crippen molar-refractivity contribution in [2.75, 3.05) is 40.4 Å². The molecule has 30 heavy (non-hydrogen) atoms. The van der Waals surface area contributed by atoms with Gasteiger partial charge in [-0.15, -0.1) is 0 Å². The highest BCUT2D eigenvalue weighted by molar-refractivity contribution is 7.89. The summed E-state index contributed by atoms with van der Waals surface area (Å²) in [5.74, 6) is -3.31. The molecule has 160 valence electrons. The number of benzene rings is 1. The summed E-state index contributed by atoms with van der Waals surface area (Å²) in [6.45, 7) is 2.84. The highest BCUT2D eigenvalue weighted by Crippen LogP contribution is 2.42. The molecule has 1 aliphatic heterocycles. The van der Waals surface area contributed by atoms with Crippen molar-refractivity contribution in [3.05, 3.63) is 52.5 Å². The van der Waals surface area contributed by atoms with Gasteiger partial charge in [-0.2, -0.15) is 4.31 Å². The van der Waals surface area contributed by atoms with Crippen molar-refractivity contribution in [1.82, 2.24) is 9.62 Å². The Morgan fingerprint density at radius 3 is 2.17 bits per heavy atom. The number of hydrogen-bond donors (Lipinski definition) is 1. The third kappa shape index (κ3) is 2.95. The molecule has 0 bridgehead atoms. The Balaban J connectivity index is 2.02. The Bertz CT molecular complexity index is 1130. The molecule has 1 N–H and O–H groups in total. The van der Waals surface area contributed by atoms with Crippen LogP contribution in [0.3, 0.4) is 0 Å². The van der Waals surface area contributed by atoms with E-state index >= 15 is 0 Å².